The molecule has 0 N–H and O–H groups in total. The van der Waals surface area contributed by atoms with Gasteiger partial charge in [0.15, 0.2) is 0 Å². The van der Waals surface area contributed by atoms with Crippen molar-refractivity contribution < 1.29 is 0 Å². The third-order valence-corrected chi connectivity index (χ3v) is 2.66. The summed E-state index contributed by atoms with van der Waals surface area (Å²) in [5, 5.41) is 8.99. The van der Waals surface area contributed by atoms with Crippen LogP contribution in [-0.4, -0.2) is 9.38 Å². The number of hydrogen-bond donors (Lipinski definition) is 0. The van der Waals surface area contributed by atoms with Crippen molar-refractivity contribution in [3.8, 4) is 6.07 Å². The SMILES string of the molecule is Cc1nc2cccc(C)n2c1C(C)C#N. The number of imidazole rings is 1. The van der Waals surface area contributed by atoms with Crippen molar-refractivity contribution in [2.75, 3.05) is 0 Å². The molecule has 3 nitrogen and oxygen atoms in total. The first-order valence-electron chi connectivity index (χ1n) is 4.99. The fourth-order valence-corrected chi connectivity index (χ4v) is 1.96. The summed E-state index contributed by atoms with van der Waals surface area (Å²) in [7, 11) is 0. The molecule has 0 aromatic carbocycles. The van der Waals surface area contributed by atoms with Crippen LogP contribution in [-0.2, 0) is 0 Å². The number of fused-ring (bicyclic) bond motifs is 1. The van der Waals surface area contributed by atoms with E-state index in [1.165, 1.54) is 0 Å². The Kier molecular flexibility index (Phi) is 2.20. The average Bonchev–Trinajstić information content (AvgIpc) is 2.55. The van der Waals surface area contributed by atoms with E-state index >= 15 is 0 Å². The first kappa shape index (κ1) is 9.72. The van der Waals surface area contributed by atoms with E-state index in [-0.39, 0.29) is 5.92 Å². The second-order valence-electron chi connectivity index (χ2n) is 3.79. The maximum Gasteiger partial charge on any atom is 0.137 e. The van der Waals surface area contributed by atoms with E-state index in [1.54, 1.807) is 0 Å². The first-order valence-corrected chi connectivity index (χ1v) is 4.99. The Hall–Kier alpha value is -1.82. The van der Waals surface area contributed by atoms with Crippen LogP contribution in [0, 0.1) is 25.2 Å². The summed E-state index contributed by atoms with van der Waals surface area (Å²) in [6.45, 7) is 5.89. The third kappa shape index (κ3) is 1.39. The minimum Gasteiger partial charge on any atom is -0.300 e. The molecule has 2 aromatic heterocycles. The highest BCUT2D eigenvalue weighted by molar-refractivity contribution is 5.46. The normalized spacial score (nSPS) is 12.7. The molecule has 0 saturated heterocycles. The van der Waals surface area contributed by atoms with Crippen LogP contribution in [0.15, 0.2) is 18.2 Å². The van der Waals surface area contributed by atoms with Gasteiger partial charge in [0.05, 0.1) is 23.4 Å². The zero-order valence-corrected chi connectivity index (χ0v) is 9.15. The van der Waals surface area contributed by atoms with E-state index in [1.807, 2.05) is 39.0 Å². The van der Waals surface area contributed by atoms with Crippen molar-refractivity contribution >= 4 is 5.65 Å². The standard InChI is InChI=1S/C12H13N3/c1-8(7-13)12-10(3)14-11-6-4-5-9(2)15(11)12/h4-6,8H,1-3H3. The van der Waals surface area contributed by atoms with Gasteiger partial charge in [-0.05, 0) is 32.9 Å². The summed E-state index contributed by atoms with van der Waals surface area (Å²) in [4.78, 5) is 4.45. The molecule has 2 heterocycles. The molecule has 0 aliphatic rings. The molecule has 76 valence electrons. The lowest BCUT2D eigenvalue weighted by Crippen LogP contribution is -2.00. The largest absolute Gasteiger partial charge is 0.300 e. The second kappa shape index (κ2) is 3.39. The molecule has 3 heteroatoms. The van der Waals surface area contributed by atoms with Gasteiger partial charge in [0, 0.05) is 5.69 Å². The summed E-state index contributed by atoms with van der Waals surface area (Å²) in [6, 6.07) is 8.25. The lowest BCUT2D eigenvalue weighted by molar-refractivity contribution is 0.868. The van der Waals surface area contributed by atoms with Crippen LogP contribution in [0.4, 0.5) is 0 Å². The van der Waals surface area contributed by atoms with Crippen molar-refractivity contribution in [3.05, 3.63) is 35.3 Å². The lowest BCUT2D eigenvalue weighted by atomic mass is 10.1. The second-order valence-corrected chi connectivity index (χ2v) is 3.79. The molecule has 0 saturated carbocycles. The maximum absolute atomic E-state index is 8.99. The molecule has 0 aliphatic carbocycles. The van der Waals surface area contributed by atoms with Crippen LogP contribution < -0.4 is 0 Å². The predicted molar refractivity (Wildman–Crippen MR) is 58.7 cm³/mol. The Balaban J connectivity index is 2.84. The van der Waals surface area contributed by atoms with Crippen LogP contribution >= 0.6 is 0 Å². The van der Waals surface area contributed by atoms with Gasteiger partial charge in [-0.1, -0.05) is 6.07 Å². The molecule has 0 radical (unpaired) electrons. The van der Waals surface area contributed by atoms with Crippen molar-refractivity contribution in [2.24, 2.45) is 0 Å². The molecule has 0 aliphatic heterocycles. The van der Waals surface area contributed by atoms with Crippen molar-refractivity contribution in [2.45, 2.75) is 26.7 Å². The van der Waals surface area contributed by atoms with Gasteiger partial charge >= 0.3 is 0 Å². The molecular weight excluding hydrogens is 186 g/mol. The number of aromatic nitrogens is 2. The number of hydrogen-bond acceptors (Lipinski definition) is 2. The Labute approximate surface area is 89.0 Å². The molecule has 2 rings (SSSR count). The third-order valence-electron chi connectivity index (χ3n) is 2.66. The molecule has 0 spiro atoms. The van der Waals surface area contributed by atoms with Crippen molar-refractivity contribution in [1.82, 2.24) is 9.38 Å². The highest BCUT2D eigenvalue weighted by atomic mass is 15.0. The molecule has 1 unspecified atom stereocenters. The predicted octanol–water partition coefficient (Wildman–Crippen LogP) is 2.58. The van der Waals surface area contributed by atoms with Gasteiger partial charge in [0.1, 0.15) is 5.65 Å². The number of aryl methyl sites for hydroxylation is 2. The number of pyridine rings is 1. The van der Waals surface area contributed by atoms with E-state index in [0.717, 1.165) is 22.7 Å². The van der Waals surface area contributed by atoms with Crippen LogP contribution in [0.2, 0.25) is 0 Å². The summed E-state index contributed by atoms with van der Waals surface area (Å²) in [5.74, 6) is -0.124. The summed E-state index contributed by atoms with van der Waals surface area (Å²) < 4.78 is 2.06. The zero-order chi connectivity index (χ0) is 11.0. The zero-order valence-electron chi connectivity index (χ0n) is 9.15. The topological polar surface area (TPSA) is 41.1 Å². The fraction of sp³-hybridized carbons (Fsp3) is 0.333. The van der Waals surface area contributed by atoms with Gasteiger partial charge < -0.3 is 0 Å². The quantitative estimate of drug-likeness (QED) is 0.708. The van der Waals surface area contributed by atoms with Gasteiger partial charge in [0.25, 0.3) is 0 Å². The monoisotopic (exact) mass is 199 g/mol. The van der Waals surface area contributed by atoms with E-state index < -0.39 is 0 Å². The van der Waals surface area contributed by atoms with Gasteiger partial charge in [-0.2, -0.15) is 5.26 Å². The Morgan fingerprint density at radius 2 is 2.13 bits per heavy atom. The Morgan fingerprint density at radius 3 is 2.80 bits per heavy atom. The molecule has 2 aromatic rings. The van der Waals surface area contributed by atoms with Crippen LogP contribution in [0.25, 0.3) is 5.65 Å². The fourth-order valence-electron chi connectivity index (χ4n) is 1.96. The molecule has 15 heavy (non-hydrogen) atoms. The number of rotatable bonds is 1. The van der Waals surface area contributed by atoms with E-state index in [2.05, 4.69) is 15.5 Å². The maximum atomic E-state index is 8.99. The van der Waals surface area contributed by atoms with Gasteiger partial charge in [-0.3, -0.25) is 4.40 Å². The molecule has 1 atom stereocenters. The molecule has 0 fully saturated rings. The van der Waals surface area contributed by atoms with Crippen LogP contribution in [0.1, 0.15) is 29.9 Å². The summed E-state index contributed by atoms with van der Waals surface area (Å²) in [6.07, 6.45) is 0. The smallest absolute Gasteiger partial charge is 0.137 e. The summed E-state index contributed by atoms with van der Waals surface area (Å²) in [5.41, 5.74) is 3.98. The number of nitriles is 1. The van der Waals surface area contributed by atoms with E-state index in [4.69, 9.17) is 5.26 Å². The van der Waals surface area contributed by atoms with Crippen LogP contribution in [0.5, 0.6) is 0 Å². The molecular formula is C12H13N3. The van der Waals surface area contributed by atoms with E-state index in [0.29, 0.717) is 0 Å². The highest BCUT2D eigenvalue weighted by Crippen LogP contribution is 2.21. The summed E-state index contributed by atoms with van der Waals surface area (Å²) >= 11 is 0. The van der Waals surface area contributed by atoms with Gasteiger partial charge in [-0.25, -0.2) is 4.98 Å². The number of nitrogens with zero attached hydrogens (tertiary/aromatic N) is 3. The highest BCUT2D eigenvalue weighted by Gasteiger charge is 2.15. The Morgan fingerprint density at radius 1 is 1.40 bits per heavy atom. The molecule has 0 bridgehead atoms. The van der Waals surface area contributed by atoms with Crippen molar-refractivity contribution in [3.63, 3.8) is 0 Å². The molecule has 0 amide bonds. The van der Waals surface area contributed by atoms with Gasteiger partial charge in [-0.15, -0.1) is 0 Å². The van der Waals surface area contributed by atoms with Crippen molar-refractivity contribution in [1.29, 1.82) is 5.26 Å². The lowest BCUT2D eigenvalue weighted by Gasteiger charge is -2.07. The first-order chi connectivity index (χ1) is 7.15. The minimum absolute atomic E-state index is 0.124. The van der Waals surface area contributed by atoms with Gasteiger partial charge in [0.2, 0.25) is 0 Å². The van der Waals surface area contributed by atoms with E-state index in [9.17, 15) is 0 Å². The average molecular weight is 199 g/mol. The van der Waals surface area contributed by atoms with Crippen LogP contribution in [0.3, 0.4) is 0 Å². The Bertz CT molecular complexity index is 546. The minimum atomic E-state index is -0.124.